The van der Waals surface area contributed by atoms with Crippen molar-refractivity contribution in [1.29, 1.82) is 0 Å². The van der Waals surface area contributed by atoms with Crippen molar-refractivity contribution in [2.45, 2.75) is 92.5 Å². The van der Waals surface area contributed by atoms with Crippen LogP contribution in [0.4, 0.5) is 10.1 Å². The third kappa shape index (κ3) is 5.44. The Balaban J connectivity index is 2.52. The Morgan fingerprint density at radius 1 is 1.00 bits per heavy atom. The average Bonchev–Trinajstić information content (AvgIpc) is 2.71. The van der Waals surface area contributed by atoms with E-state index in [9.17, 15) is 14.0 Å². The van der Waals surface area contributed by atoms with Crippen LogP contribution in [-0.2, 0) is 6.54 Å². The first-order chi connectivity index (χ1) is 14.6. The van der Waals surface area contributed by atoms with E-state index in [4.69, 9.17) is 0 Å². The minimum Gasteiger partial charge on any atom is -0.345 e. The van der Waals surface area contributed by atoms with Crippen LogP contribution in [-0.4, -0.2) is 10.5 Å². The first kappa shape index (κ1) is 24.8. The van der Waals surface area contributed by atoms with Gasteiger partial charge in [-0.25, -0.2) is 4.39 Å². The van der Waals surface area contributed by atoms with Crippen molar-refractivity contribution in [2.75, 3.05) is 5.32 Å². The molecule has 2 aromatic rings. The van der Waals surface area contributed by atoms with Crippen molar-refractivity contribution in [2.24, 2.45) is 0 Å². The number of nitrogens with zero attached hydrogens (tertiary/aromatic N) is 1. The minimum atomic E-state index is -0.840. The van der Waals surface area contributed by atoms with E-state index < -0.39 is 17.2 Å². The summed E-state index contributed by atoms with van der Waals surface area (Å²) < 4.78 is 16.6. The third-order valence-electron chi connectivity index (χ3n) is 5.99. The number of hydrogen-bond acceptors (Lipinski definition) is 2. The number of nitrogens with one attached hydrogen (secondary N) is 1. The highest BCUT2D eigenvalue weighted by molar-refractivity contribution is 6.06. The van der Waals surface area contributed by atoms with Gasteiger partial charge in [0.2, 0.25) is 5.43 Å². The molecule has 1 amide bonds. The van der Waals surface area contributed by atoms with Gasteiger partial charge in [-0.15, -0.1) is 0 Å². The van der Waals surface area contributed by atoms with E-state index in [0.29, 0.717) is 17.9 Å². The zero-order valence-electron chi connectivity index (χ0n) is 20.1. The Labute approximate surface area is 185 Å². The third-order valence-corrected chi connectivity index (χ3v) is 5.99. The van der Waals surface area contributed by atoms with Gasteiger partial charge >= 0.3 is 0 Å². The number of para-hydroxylation sites is 1. The summed E-state index contributed by atoms with van der Waals surface area (Å²) in [5.41, 5.74) is 2.62. The van der Waals surface area contributed by atoms with Gasteiger partial charge in [-0.05, 0) is 43.2 Å². The summed E-state index contributed by atoms with van der Waals surface area (Å²) in [6.45, 7) is 14.3. The minimum absolute atomic E-state index is 0.105. The molecule has 0 fully saturated rings. The number of anilines is 1. The number of halogens is 1. The zero-order chi connectivity index (χ0) is 23.3. The van der Waals surface area contributed by atoms with Gasteiger partial charge in [0, 0.05) is 17.9 Å². The molecule has 0 radical (unpaired) electrons. The number of hydrogen-bond donors (Lipinski definition) is 1. The van der Waals surface area contributed by atoms with Crippen LogP contribution in [0.25, 0.3) is 0 Å². The van der Waals surface area contributed by atoms with Crippen LogP contribution in [0.15, 0.2) is 23.0 Å². The molecule has 0 aliphatic heterocycles. The standard InChI is InChI=1S/C26H37FN2O2/c1-8-9-10-11-15-29-18(6)22(25(30)23(27)19(29)7)26(31)28-24-20(16(2)3)13-12-14-21(24)17(4)5/h12-14,16-17H,8-11,15H2,1-7H3,(H,28,31). The fourth-order valence-corrected chi connectivity index (χ4v) is 4.11. The van der Waals surface area contributed by atoms with E-state index in [-0.39, 0.29) is 17.4 Å². The van der Waals surface area contributed by atoms with Gasteiger partial charge in [0.1, 0.15) is 5.56 Å². The highest BCUT2D eigenvalue weighted by Gasteiger charge is 2.24. The van der Waals surface area contributed by atoms with Crippen molar-refractivity contribution in [3.05, 3.63) is 62.3 Å². The van der Waals surface area contributed by atoms with E-state index in [2.05, 4.69) is 39.9 Å². The number of aromatic nitrogens is 1. The van der Waals surface area contributed by atoms with Crippen LogP contribution in [0, 0.1) is 19.7 Å². The van der Waals surface area contributed by atoms with E-state index in [0.717, 1.165) is 42.5 Å². The van der Waals surface area contributed by atoms with Gasteiger partial charge in [-0.2, -0.15) is 0 Å². The number of amides is 1. The normalized spacial score (nSPS) is 11.4. The molecule has 0 aliphatic rings. The molecule has 31 heavy (non-hydrogen) atoms. The number of unbranched alkanes of at least 4 members (excludes halogenated alkanes) is 3. The predicted octanol–water partition coefficient (Wildman–Crippen LogP) is 6.68. The lowest BCUT2D eigenvalue weighted by atomic mass is 9.92. The summed E-state index contributed by atoms with van der Waals surface area (Å²) in [6, 6.07) is 5.96. The summed E-state index contributed by atoms with van der Waals surface area (Å²) >= 11 is 0. The summed E-state index contributed by atoms with van der Waals surface area (Å²) in [7, 11) is 0. The fraction of sp³-hybridized carbons (Fsp3) is 0.538. The number of carbonyl (C=O) groups excluding carboxylic acids is 1. The lowest BCUT2D eigenvalue weighted by Crippen LogP contribution is -2.30. The van der Waals surface area contributed by atoms with Gasteiger partial charge in [0.15, 0.2) is 5.82 Å². The Kier molecular flexibility index (Phi) is 8.60. The molecule has 1 N–H and O–H groups in total. The molecule has 0 saturated heterocycles. The maximum absolute atomic E-state index is 14.8. The lowest BCUT2D eigenvalue weighted by Gasteiger charge is -2.22. The number of carbonyl (C=O) groups is 1. The van der Waals surface area contributed by atoms with Crippen LogP contribution in [0.1, 0.15) is 105 Å². The monoisotopic (exact) mass is 428 g/mol. The maximum atomic E-state index is 14.8. The summed E-state index contributed by atoms with van der Waals surface area (Å²) in [6.07, 6.45) is 4.13. The Morgan fingerprint density at radius 2 is 1.58 bits per heavy atom. The average molecular weight is 429 g/mol. The van der Waals surface area contributed by atoms with Crippen molar-refractivity contribution < 1.29 is 9.18 Å². The van der Waals surface area contributed by atoms with Crippen LogP contribution < -0.4 is 10.7 Å². The number of rotatable bonds is 9. The molecular formula is C26H37FN2O2. The molecule has 4 nitrogen and oxygen atoms in total. The van der Waals surface area contributed by atoms with E-state index in [1.54, 1.807) is 18.4 Å². The largest absolute Gasteiger partial charge is 0.345 e. The second kappa shape index (κ2) is 10.7. The molecule has 0 atom stereocenters. The maximum Gasteiger partial charge on any atom is 0.261 e. The van der Waals surface area contributed by atoms with E-state index in [1.807, 2.05) is 18.2 Å². The van der Waals surface area contributed by atoms with Crippen LogP contribution in [0.5, 0.6) is 0 Å². The molecule has 1 aromatic carbocycles. The van der Waals surface area contributed by atoms with Crippen LogP contribution in [0.2, 0.25) is 0 Å². The summed E-state index contributed by atoms with van der Waals surface area (Å²) in [5.74, 6) is -0.994. The Bertz CT molecular complexity index is 964. The topological polar surface area (TPSA) is 51.1 Å². The van der Waals surface area contributed by atoms with Gasteiger partial charge in [-0.3, -0.25) is 9.59 Å². The van der Waals surface area contributed by atoms with Crippen molar-refractivity contribution in [1.82, 2.24) is 4.57 Å². The first-order valence-corrected chi connectivity index (χ1v) is 11.4. The van der Waals surface area contributed by atoms with Gasteiger partial charge in [0.25, 0.3) is 5.91 Å². The molecule has 1 heterocycles. The molecule has 0 bridgehead atoms. The number of pyridine rings is 1. The van der Waals surface area contributed by atoms with Crippen molar-refractivity contribution in [3.8, 4) is 0 Å². The van der Waals surface area contributed by atoms with Gasteiger partial charge in [-0.1, -0.05) is 72.1 Å². The molecule has 1 aromatic heterocycles. The van der Waals surface area contributed by atoms with Crippen molar-refractivity contribution >= 4 is 11.6 Å². The van der Waals surface area contributed by atoms with E-state index >= 15 is 0 Å². The lowest BCUT2D eigenvalue weighted by molar-refractivity contribution is 0.102. The first-order valence-electron chi connectivity index (χ1n) is 11.4. The summed E-state index contributed by atoms with van der Waals surface area (Å²) in [4.78, 5) is 26.1. The molecular weight excluding hydrogens is 391 g/mol. The van der Waals surface area contributed by atoms with Gasteiger partial charge < -0.3 is 9.88 Å². The molecule has 0 unspecified atom stereocenters. The molecule has 170 valence electrons. The summed E-state index contributed by atoms with van der Waals surface area (Å²) in [5, 5.41) is 2.97. The van der Waals surface area contributed by atoms with E-state index in [1.165, 1.54) is 0 Å². The Morgan fingerprint density at radius 3 is 2.10 bits per heavy atom. The molecule has 5 heteroatoms. The molecule has 2 rings (SSSR count). The second-order valence-electron chi connectivity index (χ2n) is 8.98. The second-order valence-corrected chi connectivity index (χ2v) is 8.98. The quantitative estimate of drug-likeness (QED) is 0.453. The highest BCUT2D eigenvalue weighted by Crippen LogP contribution is 2.32. The molecule has 0 aliphatic carbocycles. The Hall–Kier alpha value is -2.43. The highest BCUT2D eigenvalue weighted by atomic mass is 19.1. The van der Waals surface area contributed by atoms with Crippen molar-refractivity contribution in [3.63, 3.8) is 0 Å². The fourth-order valence-electron chi connectivity index (χ4n) is 4.11. The molecule has 0 saturated carbocycles. The molecule has 0 spiro atoms. The smallest absolute Gasteiger partial charge is 0.261 e. The van der Waals surface area contributed by atoms with Gasteiger partial charge in [0.05, 0.1) is 5.69 Å². The van der Waals surface area contributed by atoms with Crippen LogP contribution >= 0.6 is 0 Å². The SMILES string of the molecule is CCCCCCn1c(C)c(F)c(=O)c(C(=O)Nc2c(C(C)C)cccc2C(C)C)c1C. The zero-order valence-corrected chi connectivity index (χ0v) is 20.1. The predicted molar refractivity (Wildman–Crippen MR) is 127 cm³/mol. The van der Waals surface area contributed by atoms with Crippen LogP contribution in [0.3, 0.4) is 0 Å². The number of benzene rings is 1.